The third-order valence-corrected chi connectivity index (χ3v) is 5.88. The maximum absolute atomic E-state index is 13.5. The average Bonchev–Trinajstić information content (AvgIpc) is 3.40. The van der Waals surface area contributed by atoms with E-state index >= 15 is 0 Å². The highest BCUT2D eigenvalue weighted by molar-refractivity contribution is 6.60. The first-order chi connectivity index (χ1) is 15.9. The Kier molecular flexibility index (Phi) is 5.09. The second-order valence-electron chi connectivity index (χ2n) is 8.17. The van der Waals surface area contributed by atoms with Crippen LogP contribution in [0.25, 0.3) is 10.9 Å². The Balaban J connectivity index is 1.56. The van der Waals surface area contributed by atoms with Gasteiger partial charge in [0.2, 0.25) is 0 Å². The number of nitrogen functional groups attached to an aromatic ring is 1. The maximum Gasteiger partial charge on any atom is 0.416 e. The molecule has 13 heteroatoms. The van der Waals surface area contributed by atoms with E-state index in [9.17, 15) is 18.0 Å². The smallest absolute Gasteiger partial charge is 0.416 e. The molecular weight excluding hydrogens is 446 g/mol. The molecule has 1 unspecified atom stereocenters. The van der Waals surface area contributed by atoms with E-state index in [0.717, 1.165) is 28.2 Å². The Labute approximate surface area is 196 Å². The molecule has 0 aliphatic carbocycles. The third kappa shape index (κ3) is 3.68. The van der Waals surface area contributed by atoms with Crippen LogP contribution in [0.4, 0.5) is 19.0 Å². The number of alkyl halides is 3. The van der Waals surface area contributed by atoms with Crippen LogP contribution in [0, 0.1) is 0 Å². The highest BCUT2D eigenvalue weighted by Crippen LogP contribution is 2.42. The SMILES string of the molecule is [B]C([B])([B])N(C(=O)c1cc2c3c(c(N)nc2cn1)COC3)C1COc2cc(C(F)(F)F)ccc21. The van der Waals surface area contributed by atoms with Gasteiger partial charge in [0.25, 0.3) is 5.91 Å². The van der Waals surface area contributed by atoms with Crippen molar-refractivity contribution in [2.45, 2.75) is 30.7 Å². The molecule has 0 saturated heterocycles. The number of ether oxygens (including phenoxy) is 2. The molecule has 2 aliphatic heterocycles. The van der Waals surface area contributed by atoms with Crippen molar-refractivity contribution in [2.24, 2.45) is 0 Å². The normalized spacial score (nSPS) is 17.3. The molecule has 3 aromatic rings. The minimum atomic E-state index is -4.55. The van der Waals surface area contributed by atoms with Crippen molar-refractivity contribution >= 4 is 46.2 Å². The van der Waals surface area contributed by atoms with Crippen molar-refractivity contribution in [2.75, 3.05) is 12.3 Å². The third-order valence-electron chi connectivity index (χ3n) is 5.88. The van der Waals surface area contributed by atoms with Crippen molar-refractivity contribution in [3.63, 3.8) is 0 Å². The van der Waals surface area contributed by atoms with E-state index in [1.54, 1.807) is 0 Å². The molecule has 4 heterocycles. The van der Waals surface area contributed by atoms with E-state index < -0.39 is 28.9 Å². The number of rotatable bonds is 3. The molecule has 5 rings (SSSR count). The summed E-state index contributed by atoms with van der Waals surface area (Å²) in [5.41, 5.74) is 7.34. The summed E-state index contributed by atoms with van der Waals surface area (Å²) in [6.07, 6.45) is -3.17. The zero-order valence-electron chi connectivity index (χ0n) is 17.6. The highest BCUT2D eigenvalue weighted by Gasteiger charge is 2.40. The number of carbonyl (C=O) groups is 1. The van der Waals surface area contributed by atoms with Gasteiger partial charge < -0.3 is 20.1 Å². The zero-order chi connectivity index (χ0) is 24.4. The second-order valence-corrected chi connectivity index (χ2v) is 8.17. The van der Waals surface area contributed by atoms with Crippen LogP contribution in [0.15, 0.2) is 30.5 Å². The number of hydrogen-bond acceptors (Lipinski definition) is 6. The van der Waals surface area contributed by atoms with Gasteiger partial charge in [-0.25, -0.2) is 9.97 Å². The molecule has 2 aliphatic rings. The lowest BCUT2D eigenvalue weighted by Gasteiger charge is -2.41. The predicted octanol–water partition coefficient (Wildman–Crippen LogP) is 1.95. The lowest BCUT2D eigenvalue weighted by atomic mass is 9.48. The summed E-state index contributed by atoms with van der Waals surface area (Å²) in [4.78, 5) is 23.0. The van der Waals surface area contributed by atoms with Crippen LogP contribution in [0.5, 0.6) is 5.75 Å². The molecule has 0 saturated carbocycles. The maximum atomic E-state index is 13.5. The van der Waals surface area contributed by atoms with Gasteiger partial charge in [-0.1, -0.05) is 11.3 Å². The van der Waals surface area contributed by atoms with Crippen molar-refractivity contribution in [3.8, 4) is 5.75 Å². The quantitative estimate of drug-likeness (QED) is 0.602. The fourth-order valence-electron chi connectivity index (χ4n) is 4.29. The number of nitrogens with zero attached hydrogens (tertiary/aromatic N) is 3. The van der Waals surface area contributed by atoms with Crippen LogP contribution < -0.4 is 10.5 Å². The molecule has 1 atom stereocenters. The largest absolute Gasteiger partial charge is 0.491 e. The minimum Gasteiger partial charge on any atom is -0.491 e. The van der Waals surface area contributed by atoms with Crippen molar-refractivity contribution in [3.05, 3.63) is 58.4 Å². The molecule has 0 spiro atoms. The molecule has 1 aromatic carbocycles. The van der Waals surface area contributed by atoms with Gasteiger partial charge in [-0.05, 0) is 23.8 Å². The topological polar surface area (TPSA) is 90.6 Å². The average molecular weight is 460 g/mol. The van der Waals surface area contributed by atoms with E-state index in [2.05, 4.69) is 9.97 Å². The van der Waals surface area contributed by atoms with Gasteiger partial charge in [0, 0.05) is 16.5 Å². The zero-order valence-corrected chi connectivity index (χ0v) is 17.6. The lowest BCUT2D eigenvalue weighted by Crippen LogP contribution is -2.55. The summed E-state index contributed by atoms with van der Waals surface area (Å²) >= 11 is 0. The number of nitrogens with two attached hydrogens (primary N) is 1. The summed E-state index contributed by atoms with van der Waals surface area (Å²) in [6, 6.07) is 3.53. The van der Waals surface area contributed by atoms with E-state index in [1.807, 2.05) is 0 Å². The number of aromatic nitrogens is 2. The number of hydrogen-bond donors (Lipinski definition) is 1. The number of amides is 1. The van der Waals surface area contributed by atoms with Crippen molar-refractivity contribution < 1.29 is 27.4 Å². The second kappa shape index (κ2) is 7.66. The van der Waals surface area contributed by atoms with Gasteiger partial charge in [0.15, 0.2) is 0 Å². The molecule has 0 fully saturated rings. The van der Waals surface area contributed by atoms with E-state index in [4.69, 9.17) is 38.7 Å². The van der Waals surface area contributed by atoms with Crippen molar-refractivity contribution in [1.82, 2.24) is 14.9 Å². The summed E-state index contributed by atoms with van der Waals surface area (Å²) in [5.74, 6) is -0.450. The monoisotopic (exact) mass is 460 g/mol. The number of fused-ring (bicyclic) bond motifs is 4. The Hall–Kier alpha value is -3.21. The molecule has 2 aromatic heterocycles. The summed E-state index contributed by atoms with van der Waals surface area (Å²) < 4.78 is 50.2. The Morgan fingerprint density at radius 3 is 2.59 bits per heavy atom. The van der Waals surface area contributed by atoms with Crippen LogP contribution in [-0.4, -0.2) is 56.2 Å². The molecule has 7 nitrogen and oxygen atoms in total. The molecule has 6 radical (unpaired) electrons. The van der Waals surface area contributed by atoms with Gasteiger partial charge >= 0.3 is 6.18 Å². The van der Waals surface area contributed by atoms with Gasteiger partial charge in [-0.3, -0.25) is 4.79 Å². The van der Waals surface area contributed by atoms with Crippen LogP contribution in [0.1, 0.15) is 38.8 Å². The number of pyridine rings is 2. The Bertz CT molecular complexity index is 1330. The van der Waals surface area contributed by atoms with E-state index in [0.29, 0.717) is 29.9 Å². The van der Waals surface area contributed by atoms with Gasteiger partial charge in [-0.15, -0.1) is 0 Å². The summed E-state index contributed by atoms with van der Waals surface area (Å²) in [5, 5.41) is -1.55. The van der Waals surface area contributed by atoms with Crippen LogP contribution in [0.3, 0.4) is 0 Å². The Morgan fingerprint density at radius 2 is 1.88 bits per heavy atom. The Morgan fingerprint density at radius 1 is 1.15 bits per heavy atom. The molecule has 166 valence electrons. The molecular formula is C21H14B3F3N4O3. The first kappa shape index (κ1) is 22.6. The summed E-state index contributed by atoms with van der Waals surface area (Å²) in [6.45, 7) is 0.403. The number of halogens is 3. The van der Waals surface area contributed by atoms with Gasteiger partial charge in [0.1, 0.15) is 23.9 Å². The number of benzene rings is 1. The predicted molar refractivity (Wildman–Crippen MR) is 118 cm³/mol. The van der Waals surface area contributed by atoms with Crippen LogP contribution in [0.2, 0.25) is 0 Å². The fraction of sp³-hybridized carbons (Fsp3) is 0.286. The first-order valence-electron chi connectivity index (χ1n) is 10.1. The number of anilines is 1. The van der Waals surface area contributed by atoms with Crippen LogP contribution >= 0.6 is 0 Å². The molecule has 1 amide bonds. The first-order valence-corrected chi connectivity index (χ1v) is 10.1. The minimum absolute atomic E-state index is 0.0389. The highest BCUT2D eigenvalue weighted by atomic mass is 19.4. The molecule has 2 N–H and O–H groups in total. The molecule has 34 heavy (non-hydrogen) atoms. The van der Waals surface area contributed by atoms with Gasteiger partial charge in [-0.2, -0.15) is 13.2 Å². The van der Waals surface area contributed by atoms with Crippen molar-refractivity contribution in [1.29, 1.82) is 0 Å². The van der Waals surface area contributed by atoms with Gasteiger partial charge in [0.05, 0.1) is 60.1 Å². The van der Waals surface area contributed by atoms with Crippen LogP contribution in [-0.2, 0) is 24.1 Å². The standard InChI is InChI=1S/C21H14B3F3N4O3/c22-21(23,24)31(16-8-34-17-3-9(20(25,26)27)1-2-10(16)17)19(32)14-4-11-12-6-33-7-13(12)18(28)30-15(11)5-29-14/h1-5,16H,6-8H2,(H2,28,30). The summed E-state index contributed by atoms with van der Waals surface area (Å²) in [7, 11) is 17.8. The lowest BCUT2D eigenvalue weighted by molar-refractivity contribution is -0.137. The van der Waals surface area contributed by atoms with E-state index in [-0.39, 0.29) is 23.6 Å². The number of carbonyl (C=O) groups excluding carboxylic acids is 1. The molecule has 0 bridgehead atoms. The van der Waals surface area contributed by atoms with E-state index in [1.165, 1.54) is 18.3 Å². The fourth-order valence-corrected chi connectivity index (χ4v) is 4.29.